The highest BCUT2D eigenvalue weighted by atomic mass is 35.5. The van der Waals surface area contributed by atoms with Gasteiger partial charge in [-0.1, -0.05) is 31.5 Å². The Morgan fingerprint density at radius 1 is 1.27 bits per heavy atom. The molecule has 26 heavy (non-hydrogen) atoms. The van der Waals surface area contributed by atoms with Crippen molar-refractivity contribution in [2.45, 2.75) is 33.1 Å². The van der Waals surface area contributed by atoms with Crippen LogP contribution in [0.1, 0.15) is 42.0 Å². The van der Waals surface area contributed by atoms with E-state index < -0.39 is 24.2 Å². The second-order valence-electron chi connectivity index (χ2n) is 6.26. The summed E-state index contributed by atoms with van der Waals surface area (Å²) in [6.45, 7) is 4.28. The summed E-state index contributed by atoms with van der Waals surface area (Å²) in [5.41, 5.74) is 0.982. The van der Waals surface area contributed by atoms with Crippen molar-refractivity contribution in [2.75, 3.05) is 6.61 Å². The van der Waals surface area contributed by atoms with Crippen LogP contribution in [0.5, 0.6) is 11.5 Å². The summed E-state index contributed by atoms with van der Waals surface area (Å²) in [6.07, 6.45) is 0.0205. The van der Waals surface area contributed by atoms with Crippen molar-refractivity contribution >= 4 is 17.6 Å². The molecule has 2 aromatic rings. The Morgan fingerprint density at radius 2 is 1.92 bits per heavy atom. The number of rotatable bonds is 6. The second kappa shape index (κ2) is 7.91. The third-order valence-corrected chi connectivity index (χ3v) is 4.41. The largest absolute Gasteiger partial charge is 0.508 e. The highest BCUT2D eigenvalue weighted by Crippen LogP contribution is 2.35. The van der Waals surface area contributed by atoms with Crippen molar-refractivity contribution in [2.24, 2.45) is 0 Å². The van der Waals surface area contributed by atoms with E-state index in [9.17, 15) is 18.7 Å². The zero-order chi connectivity index (χ0) is 19.6. The SMILES string of the molecule is Cc1c(F)c(OCC(=O)O)cc(Cl)c1Cc1ccc(O)c(C(C)C)c1F. The number of halogens is 3. The Labute approximate surface area is 155 Å². The van der Waals surface area contributed by atoms with Crippen LogP contribution in [0.25, 0.3) is 0 Å². The lowest BCUT2D eigenvalue weighted by Crippen LogP contribution is -2.11. The van der Waals surface area contributed by atoms with Crippen molar-refractivity contribution in [3.8, 4) is 11.5 Å². The first-order valence-electron chi connectivity index (χ1n) is 7.95. The third-order valence-electron chi connectivity index (χ3n) is 4.08. The van der Waals surface area contributed by atoms with E-state index in [0.717, 1.165) is 0 Å². The summed E-state index contributed by atoms with van der Waals surface area (Å²) in [6, 6.07) is 4.01. The lowest BCUT2D eigenvalue weighted by Gasteiger charge is -2.16. The molecule has 0 radical (unpaired) electrons. The van der Waals surface area contributed by atoms with Gasteiger partial charge in [0.05, 0.1) is 0 Å². The Kier molecular flexibility index (Phi) is 6.08. The molecule has 0 fully saturated rings. The number of phenols is 1. The molecule has 2 rings (SSSR count). The number of carboxylic acids is 1. The minimum Gasteiger partial charge on any atom is -0.508 e. The highest BCUT2D eigenvalue weighted by molar-refractivity contribution is 6.31. The van der Waals surface area contributed by atoms with Gasteiger partial charge in [-0.2, -0.15) is 0 Å². The molecule has 0 bridgehead atoms. The molecule has 0 saturated carbocycles. The average molecular weight is 385 g/mol. The summed E-state index contributed by atoms with van der Waals surface area (Å²) in [5, 5.41) is 18.6. The number of aromatic hydroxyl groups is 1. The molecule has 0 spiro atoms. The van der Waals surface area contributed by atoms with Gasteiger partial charge in [0.1, 0.15) is 11.6 Å². The van der Waals surface area contributed by atoms with E-state index in [0.29, 0.717) is 5.56 Å². The molecule has 0 heterocycles. The van der Waals surface area contributed by atoms with Gasteiger partial charge in [-0.25, -0.2) is 13.6 Å². The standard InChI is InChI=1S/C19H19ClF2O4/c1-9(2)17-14(23)5-4-11(19(17)22)6-12-10(3)18(21)15(7-13(12)20)26-8-16(24)25/h4-5,7,9,23H,6,8H2,1-3H3,(H,24,25). The lowest BCUT2D eigenvalue weighted by atomic mass is 9.94. The molecule has 0 amide bonds. The van der Waals surface area contributed by atoms with Crippen LogP contribution in [0.15, 0.2) is 18.2 Å². The normalized spacial score (nSPS) is 11.0. The van der Waals surface area contributed by atoms with Crippen molar-refractivity contribution in [3.05, 3.63) is 57.1 Å². The van der Waals surface area contributed by atoms with Crippen LogP contribution in [0.3, 0.4) is 0 Å². The molecule has 0 aliphatic rings. The zero-order valence-electron chi connectivity index (χ0n) is 14.6. The number of ether oxygens (including phenoxy) is 1. The van der Waals surface area contributed by atoms with Crippen LogP contribution in [-0.4, -0.2) is 22.8 Å². The number of aliphatic carboxylic acids is 1. The maximum Gasteiger partial charge on any atom is 0.341 e. The topological polar surface area (TPSA) is 66.8 Å². The van der Waals surface area contributed by atoms with E-state index in [-0.39, 0.29) is 45.6 Å². The van der Waals surface area contributed by atoms with Crippen molar-refractivity contribution in [3.63, 3.8) is 0 Å². The van der Waals surface area contributed by atoms with Gasteiger partial charge >= 0.3 is 5.97 Å². The summed E-state index contributed by atoms with van der Waals surface area (Å²) in [5.74, 6) is -3.17. The first-order valence-corrected chi connectivity index (χ1v) is 8.33. The van der Waals surface area contributed by atoms with Crippen LogP contribution in [0, 0.1) is 18.6 Å². The first-order chi connectivity index (χ1) is 12.1. The van der Waals surface area contributed by atoms with Crippen molar-refractivity contribution in [1.29, 1.82) is 0 Å². The van der Waals surface area contributed by atoms with E-state index in [1.165, 1.54) is 25.1 Å². The summed E-state index contributed by atoms with van der Waals surface area (Å²) in [7, 11) is 0. The van der Waals surface area contributed by atoms with E-state index in [1.807, 2.05) is 0 Å². The fourth-order valence-corrected chi connectivity index (χ4v) is 3.04. The summed E-state index contributed by atoms with van der Waals surface area (Å²) < 4.78 is 34.1. The number of phenolic OH excluding ortho intramolecular Hbond substituents is 1. The number of carboxylic acid groups (broad SMARTS) is 1. The minimum absolute atomic E-state index is 0.0205. The van der Waals surface area contributed by atoms with Gasteiger partial charge in [0.2, 0.25) is 0 Å². The predicted molar refractivity (Wildman–Crippen MR) is 94.2 cm³/mol. The average Bonchev–Trinajstić information content (AvgIpc) is 2.55. The van der Waals surface area contributed by atoms with E-state index in [4.69, 9.17) is 21.4 Å². The Hall–Kier alpha value is -2.34. The fraction of sp³-hybridized carbons (Fsp3) is 0.316. The second-order valence-corrected chi connectivity index (χ2v) is 6.67. The summed E-state index contributed by atoms with van der Waals surface area (Å²) in [4.78, 5) is 10.6. The molecule has 0 saturated heterocycles. The van der Waals surface area contributed by atoms with Crippen molar-refractivity contribution < 1.29 is 28.5 Å². The van der Waals surface area contributed by atoms with Crippen LogP contribution >= 0.6 is 11.6 Å². The number of hydrogen-bond donors (Lipinski definition) is 2. The predicted octanol–water partition coefficient (Wildman–Crippen LogP) is 4.81. The smallest absolute Gasteiger partial charge is 0.341 e. The van der Waals surface area contributed by atoms with Crippen LogP contribution in [-0.2, 0) is 11.2 Å². The Morgan fingerprint density at radius 3 is 2.50 bits per heavy atom. The first kappa shape index (κ1) is 20.0. The molecule has 0 aromatic heterocycles. The lowest BCUT2D eigenvalue weighted by molar-refractivity contribution is -0.139. The molecule has 4 nitrogen and oxygen atoms in total. The van der Waals surface area contributed by atoms with Gasteiger partial charge < -0.3 is 14.9 Å². The summed E-state index contributed by atoms with van der Waals surface area (Å²) >= 11 is 6.19. The maximum absolute atomic E-state index is 14.7. The molecular weight excluding hydrogens is 366 g/mol. The third kappa shape index (κ3) is 4.07. The van der Waals surface area contributed by atoms with Gasteiger partial charge in [0.15, 0.2) is 18.2 Å². The monoisotopic (exact) mass is 384 g/mol. The molecule has 140 valence electrons. The zero-order valence-corrected chi connectivity index (χ0v) is 15.3. The van der Waals surface area contributed by atoms with Crippen LogP contribution in [0.4, 0.5) is 8.78 Å². The van der Waals surface area contributed by atoms with Gasteiger partial charge in [-0.05, 0) is 35.6 Å². The van der Waals surface area contributed by atoms with Crippen LogP contribution < -0.4 is 4.74 Å². The van der Waals surface area contributed by atoms with Gasteiger partial charge in [0, 0.05) is 23.1 Å². The molecular formula is C19H19ClF2O4. The molecule has 2 N–H and O–H groups in total. The molecule has 0 atom stereocenters. The highest BCUT2D eigenvalue weighted by Gasteiger charge is 2.20. The van der Waals surface area contributed by atoms with E-state index in [2.05, 4.69) is 0 Å². The molecule has 0 aliphatic heterocycles. The molecule has 2 aromatic carbocycles. The molecule has 7 heteroatoms. The Bertz CT molecular complexity index is 850. The Balaban J connectivity index is 2.44. The number of benzene rings is 2. The molecule has 0 unspecified atom stereocenters. The fourth-order valence-electron chi connectivity index (χ4n) is 2.73. The van der Waals surface area contributed by atoms with Gasteiger partial charge in [-0.15, -0.1) is 0 Å². The number of carbonyl (C=O) groups is 1. The van der Waals surface area contributed by atoms with E-state index in [1.54, 1.807) is 13.8 Å². The maximum atomic E-state index is 14.7. The quantitative estimate of drug-likeness (QED) is 0.750. The van der Waals surface area contributed by atoms with E-state index >= 15 is 0 Å². The number of hydrogen-bond acceptors (Lipinski definition) is 3. The van der Waals surface area contributed by atoms with Gasteiger partial charge in [-0.3, -0.25) is 0 Å². The molecule has 0 aliphatic carbocycles. The van der Waals surface area contributed by atoms with Crippen LogP contribution in [0.2, 0.25) is 5.02 Å². The minimum atomic E-state index is -1.24. The van der Waals surface area contributed by atoms with Crippen molar-refractivity contribution in [1.82, 2.24) is 0 Å². The van der Waals surface area contributed by atoms with Gasteiger partial charge in [0.25, 0.3) is 0 Å².